The minimum Gasteiger partial charge on any atom is -0.497 e. The van der Waals surface area contributed by atoms with Gasteiger partial charge in [0.25, 0.3) is 5.91 Å². The Kier molecular flexibility index (Phi) is 5.76. The third-order valence-corrected chi connectivity index (χ3v) is 4.25. The predicted octanol–water partition coefficient (Wildman–Crippen LogP) is 3.27. The summed E-state index contributed by atoms with van der Waals surface area (Å²) in [5.74, 6) is 1.98. The van der Waals surface area contributed by atoms with Crippen molar-refractivity contribution in [2.75, 3.05) is 7.11 Å². The van der Waals surface area contributed by atoms with Crippen LogP contribution in [0.15, 0.2) is 60.9 Å². The van der Waals surface area contributed by atoms with E-state index in [4.69, 9.17) is 9.47 Å². The minimum atomic E-state index is -0.626. The number of rotatable bonds is 7. The molecular formula is C21H23N3O3. The summed E-state index contributed by atoms with van der Waals surface area (Å²) in [4.78, 5) is 16.7. The van der Waals surface area contributed by atoms with E-state index in [0.717, 1.165) is 17.1 Å². The Balaban J connectivity index is 1.65. The molecule has 3 rings (SSSR count). The average Bonchev–Trinajstić information content (AvgIpc) is 3.12. The number of nitrogens with one attached hydrogen (secondary N) is 1. The molecule has 0 fully saturated rings. The van der Waals surface area contributed by atoms with E-state index in [0.29, 0.717) is 18.0 Å². The SMILES string of the molecule is COc1cccc(O[C@@H](C)C(=O)NCc2ccccc2-n2ccnc2C)c1. The lowest BCUT2D eigenvalue weighted by atomic mass is 10.1. The van der Waals surface area contributed by atoms with Crippen LogP contribution in [0.3, 0.4) is 0 Å². The van der Waals surface area contributed by atoms with E-state index >= 15 is 0 Å². The summed E-state index contributed by atoms with van der Waals surface area (Å²) in [7, 11) is 1.59. The van der Waals surface area contributed by atoms with Crippen LogP contribution < -0.4 is 14.8 Å². The molecule has 27 heavy (non-hydrogen) atoms. The highest BCUT2D eigenvalue weighted by Gasteiger charge is 2.15. The van der Waals surface area contributed by atoms with Gasteiger partial charge in [-0.25, -0.2) is 4.98 Å². The molecule has 0 aliphatic carbocycles. The normalized spacial score (nSPS) is 11.7. The second kappa shape index (κ2) is 8.40. The molecule has 0 aliphatic rings. The second-order valence-electron chi connectivity index (χ2n) is 6.13. The lowest BCUT2D eigenvalue weighted by Crippen LogP contribution is -2.36. The second-order valence-corrected chi connectivity index (χ2v) is 6.13. The summed E-state index contributed by atoms with van der Waals surface area (Å²) in [6.07, 6.45) is 3.04. The van der Waals surface area contributed by atoms with Crippen molar-refractivity contribution in [3.8, 4) is 17.2 Å². The Morgan fingerprint density at radius 2 is 1.96 bits per heavy atom. The van der Waals surface area contributed by atoms with Gasteiger partial charge in [-0.3, -0.25) is 4.79 Å². The molecule has 0 saturated heterocycles. The highest BCUT2D eigenvalue weighted by Crippen LogP contribution is 2.20. The van der Waals surface area contributed by atoms with Gasteiger partial charge in [-0.05, 0) is 37.6 Å². The third kappa shape index (κ3) is 4.47. The Morgan fingerprint density at radius 1 is 1.19 bits per heavy atom. The minimum absolute atomic E-state index is 0.185. The molecule has 1 aromatic heterocycles. The van der Waals surface area contributed by atoms with Gasteiger partial charge in [-0.1, -0.05) is 24.3 Å². The molecule has 0 radical (unpaired) electrons. The number of benzene rings is 2. The molecule has 0 bridgehead atoms. The highest BCUT2D eigenvalue weighted by molar-refractivity contribution is 5.80. The molecule has 0 unspecified atom stereocenters. The van der Waals surface area contributed by atoms with Crippen molar-refractivity contribution in [3.05, 3.63) is 72.3 Å². The molecular weight excluding hydrogens is 342 g/mol. The fraction of sp³-hybridized carbons (Fsp3) is 0.238. The summed E-state index contributed by atoms with van der Waals surface area (Å²) >= 11 is 0. The average molecular weight is 365 g/mol. The van der Waals surface area contributed by atoms with Gasteiger partial charge in [0.15, 0.2) is 6.10 Å². The zero-order chi connectivity index (χ0) is 19.2. The highest BCUT2D eigenvalue weighted by atomic mass is 16.5. The number of carbonyl (C=O) groups excluding carboxylic acids is 1. The van der Waals surface area contributed by atoms with Crippen LogP contribution in [-0.2, 0) is 11.3 Å². The number of hydrogen-bond acceptors (Lipinski definition) is 4. The maximum Gasteiger partial charge on any atom is 0.261 e. The van der Waals surface area contributed by atoms with Crippen molar-refractivity contribution in [2.24, 2.45) is 0 Å². The van der Waals surface area contributed by atoms with E-state index in [1.54, 1.807) is 32.4 Å². The maximum absolute atomic E-state index is 12.5. The molecule has 6 nitrogen and oxygen atoms in total. The van der Waals surface area contributed by atoms with Crippen molar-refractivity contribution in [1.82, 2.24) is 14.9 Å². The standard InChI is InChI=1S/C21H23N3O3/c1-15(27-19-9-6-8-18(13-19)26-3)21(25)23-14-17-7-4-5-10-20(17)24-12-11-22-16(24)2/h4-13,15H,14H2,1-3H3,(H,23,25)/t15-/m0/s1. The summed E-state index contributed by atoms with van der Waals surface area (Å²) in [5, 5.41) is 2.94. The first kappa shape index (κ1) is 18.5. The lowest BCUT2D eigenvalue weighted by Gasteiger charge is -2.17. The maximum atomic E-state index is 12.5. The van der Waals surface area contributed by atoms with Crippen LogP contribution in [0.4, 0.5) is 0 Å². The Hall–Kier alpha value is -3.28. The number of imidazole rings is 1. The van der Waals surface area contributed by atoms with Gasteiger partial charge >= 0.3 is 0 Å². The van der Waals surface area contributed by atoms with Crippen LogP contribution in [-0.4, -0.2) is 28.7 Å². The molecule has 0 saturated carbocycles. The van der Waals surface area contributed by atoms with Gasteiger partial charge in [-0.2, -0.15) is 0 Å². The van der Waals surface area contributed by atoms with Gasteiger partial charge in [0.1, 0.15) is 17.3 Å². The summed E-state index contributed by atoms with van der Waals surface area (Å²) in [6, 6.07) is 15.1. The number of aryl methyl sites for hydroxylation is 1. The number of hydrogen-bond donors (Lipinski definition) is 1. The Morgan fingerprint density at radius 3 is 2.70 bits per heavy atom. The number of aromatic nitrogens is 2. The van der Waals surface area contributed by atoms with Crippen LogP contribution in [0.25, 0.3) is 5.69 Å². The fourth-order valence-corrected chi connectivity index (χ4v) is 2.79. The van der Waals surface area contributed by atoms with E-state index in [1.165, 1.54) is 0 Å². The van der Waals surface area contributed by atoms with Gasteiger partial charge < -0.3 is 19.4 Å². The summed E-state index contributed by atoms with van der Waals surface area (Å²) in [6.45, 7) is 4.07. The first-order valence-corrected chi connectivity index (χ1v) is 8.75. The Labute approximate surface area is 158 Å². The van der Waals surface area contributed by atoms with E-state index in [2.05, 4.69) is 10.3 Å². The number of carbonyl (C=O) groups is 1. The van der Waals surface area contributed by atoms with Crippen molar-refractivity contribution < 1.29 is 14.3 Å². The molecule has 140 valence electrons. The smallest absolute Gasteiger partial charge is 0.261 e. The van der Waals surface area contributed by atoms with Crippen LogP contribution in [0, 0.1) is 6.92 Å². The van der Waals surface area contributed by atoms with Crippen molar-refractivity contribution in [3.63, 3.8) is 0 Å². The zero-order valence-electron chi connectivity index (χ0n) is 15.7. The number of para-hydroxylation sites is 1. The van der Waals surface area contributed by atoms with Gasteiger partial charge in [-0.15, -0.1) is 0 Å². The number of ether oxygens (including phenoxy) is 2. The first-order valence-electron chi connectivity index (χ1n) is 8.75. The Bertz CT molecular complexity index is 920. The number of nitrogens with zero attached hydrogens (tertiary/aromatic N) is 2. The fourth-order valence-electron chi connectivity index (χ4n) is 2.79. The van der Waals surface area contributed by atoms with Crippen LogP contribution in [0.5, 0.6) is 11.5 Å². The molecule has 0 aliphatic heterocycles. The van der Waals surface area contributed by atoms with Crippen LogP contribution in [0.1, 0.15) is 18.3 Å². The van der Waals surface area contributed by atoms with E-state index in [9.17, 15) is 4.79 Å². The molecule has 2 aromatic carbocycles. The quantitative estimate of drug-likeness (QED) is 0.698. The molecule has 1 amide bonds. The number of amides is 1. The van der Waals surface area contributed by atoms with Gasteiger partial charge in [0.05, 0.1) is 12.8 Å². The molecule has 1 N–H and O–H groups in total. The topological polar surface area (TPSA) is 65.4 Å². The van der Waals surface area contributed by atoms with E-state index in [-0.39, 0.29) is 5.91 Å². The summed E-state index contributed by atoms with van der Waals surface area (Å²) < 4.78 is 12.9. The largest absolute Gasteiger partial charge is 0.497 e. The van der Waals surface area contributed by atoms with Crippen LogP contribution in [0.2, 0.25) is 0 Å². The molecule has 0 spiro atoms. The molecule has 3 aromatic rings. The van der Waals surface area contributed by atoms with Gasteiger partial charge in [0.2, 0.25) is 0 Å². The van der Waals surface area contributed by atoms with Crippen LogP contribution >= 0.6 is 0 Å². The molecule has 6 heteroatoms. The van der Waals surface area contributed by atoms with Crippen molar-refractivity contribution in [2.45, 2.75) is 26.5 Å². The molecule has 1 heterocycles. The predicted molar refractivity (Wildman–Crippen MR) is 103 cm³/mol. The lowest BCUT2D eigenvalue weighted by molar-refractivity contribution is -0.127. The van der Waals surface area contributed by atoms with E-state index in [1.807, 2.05) is 54.1 Å². The molecule has 1 atom stereocenters. The van der Waals surface area contributed by atoms with E-state index < -0.39 is 6.10 Å². The first-order chi connectivity index (χ1) is 13.1. The zero-order valence-corrected chi connectivity index (χ0v) is 15.7. The number of methoxy groups -OCH3 is 1. The monoisotopic (exact) mass is 365 g/mol. The van der Waals surface area contributed by atoms with Crippen molar-refractivity contribution in [1.29, 1.82) is 0 Å². The third-order valence-electron chi connectivity index (χ3n) is 4.25. The summed E-state index contributed by atoms with van der Waals surface area (Å²) in [5.41, 5.74) is 2.00. The van der Waals surface area contributed by atoms with Gasteiger partial charge in [0, 0.05) is 25.0 Å². The van der Waals surface area contributed by atoms with Crippen molar-refractivity contribution >= 4 is 5.91 Å².